The predicted octanol–water partition coefficient (Wildman–Crippen LogP) is 2.60. The molecule has 1 heterocycles. The molecule has 1 unspecified atom stereocenters. The summed E-state index contributed by atoms with van der Waals surface area (Å²) in [5.41, 5.74) is 1.46. The van der Waals surface area contributed by atoms with Crippen molar-refractivity contribution < 1.29 is 22.7 Å². The van der Waals surface area contributed by atoms with Crippen molar-refractivity contribution >= 4 is 15.9 Å². The van der Waals surface area contributed by atoms with Gasteiger partial charge < -0.3 is 14.4 Å². The number of aryl methyl sites for hydroxylation is 1. The molecule has 0 spiro atoms. The molecule has 162 valence electrons. The van der Waals surface area contributed by atoms with Gasteiger partial charge in [0.15, 0.2) is 0 Å². The first-order valence-electron chi connectivity index (χ1n) is 10.0. The summed E-state index contributed by atoms with van der Waals surface area (Å²) >= 11 is 0. The summed E-state index contributed by atoms with van der Waals surface area (Å²) in [6.07, 6.45) is 1.74. The summed E-state index contributed by atoms with van der Waals surface area (Å²) in [6, 6.07) is 13.7. The van der Waals surface area contributed by atoms with Gasteiger partial charge in [-0.1, -0.05) is 18.2 Å². The fourth-order valence-corrected chi connectivity index (χ4v) is 4.27. The van der Waals surface area contributed by atoms with Crippen LogP contribution in [0.25, 0.3) is 0 Å². The van der Waals surface area contributed by atoms with Crippen molar-refractivity contribution in [2.24, 2.45) is 0 Å². The van der Waals surface area contributed by atoms with Crippen LogP contribution in [0.2, 0.25) is 0 Å². The summed E-state index contributed by atoms with van der Waals surface area (Å²) in [5, 5.41) is 0. The van der Waals surface area contributed by atoms with Crippen LogP contribution in [0.15, 0.2) is 53.4 Å². The van der Waals surface area contributed by atoms with Crippen LogP contribution < -0.4 is 9.46 Å². The Balaban J connectivity index is 1.52. The Labute approximate surface area is 178 Å². The van der Waals surface area contributed by atoms with E-state index in [0.717, 1.165) is 24.2 Å². The molecule has 8 heteroatoms. The van der Waals surface area contributed by atoms with Crippen LogP contribution in [0.4, 0.5) is 0 Å². The summed E-state index contributed by atoms with van der Waals surface area (Å²) < 4.78 is 38.6. The van der Waals surface area contributed by atoms with E-state index in [9.17, 15) is 13.2 Å². The van der Waals surface area contributed by atoms with Crippen LogP contribution >= 0.6 is 0 Å². The SMILES string of the molecule is Cc1ccccc1OCCN(C)C(=O)c1ccc(S(=O)(=O)NCC2CCCO2)cc1. The Morgan fingerprint density at radius 1 is 1.20 bits per heavy atom. The van der Waals surface area contributed by atoms with E-state index in [4.69, 9.17) is 9.47 Å². The maximum atomic E-state index is 12.6. The van der Waals surface area contributed by atoms with Gasteiger partial charge in [-0.15, -0.1) is 0 Å². The molecule has 7 nitrogen and oxygen atoms in total. The first-order chi connectivity index (χ1) is 14.4. The molecule has 0 saturated carbocycles. The first kappa shape index (κ1) is 22.3. The van der Waals surface area contributed by atoms with E-state index in [1.165, 1.54) is 24.3 Å². The number of hydrogen-bond donors (Lipinski definition) is 1. The predicted molar refractivity (Wildman–Crippen MR) is 114 cm³/mol. The lowest BCUT2D eigenvalue weighted by Crippen LogP contribution is -2.32. The van der Waals surface area contributed by atoms with Gasteiger partial charge in [0, 0.05) is 25.8 Å². The molecule has 0 bridgehead atoms. The third-order valence-corrected chi connectivity index (χ3v) is 6.50. The number of hydrogen-bond acceptors (Lipinski definition) is 5. The fourth-order valence-electron chi connectivity index (χ4n) is 3.20. The van der Waals surface area contributed by atoms with Gasteiger partial charge in [-0.25, -0.2) is 13.1 Å². The first-order valence-corrected chi connectivity index (χ1v) is 11.5. The standard InChI is InChI=1S/C22H28N2O5S/c1-17-6-3-4-8-21(17)29-15-13-24(2)22(25)18-9-11-20(12-10-18)30(26,27)23-16-19-7-5-14-28-19/h3-4,6,8-12,19,23H,5,7,13-16H2,1-2H3. The topological polar surface area (TPSA) is 84.9 Å². The van der Waals surface area contributed by atoms with E-state index in [-0.39, 0.29) is 23.5 Å². The highest BCUT2D eigenvalue weighted by Crippen LogP contribution is 2.17. The average Bonchev–Trinajstić information content (AvgIpc) is 3.27. The lowest BCUT2D eigenvalue weighted by atomic mass is 10.2. The van der Waals surface area contributed by atoms with E-state index in [1.807, 2.05) is 31.2 Å². The largest absolute Gasteiger partial charge is 0.491 e. The molecular formula is C22H28N2O5S. The highest BCUT2D eigenvalue weighted by molar-refractivity contribution is 7.89. The normalized spacial score (nSPS) is 16.4. The highest BCUT2D eigenvalue weighted by atomic mass is 32.2. The molecule has 1 aliphatic heterocycles. The summed E-state index contributed by atoms with van der Waals surface area (Å²) in [6.45, 7) is 3.68. The van der Waals surface area contributed by atoms with Crippen molar-refractivity contribution in [1.82, 2.24) is 9.62 Å². The molecule has 3 rings (SSSR count). The molecule has 1 saturated heterocycles. The number of ether oxygens (including phenoxy) is 2. The van der Waals surface area contributed by atoms with Crippen molar-refractivity contribution in [1.29, 1.82) is 0 Å². The Morgan fingerprint density at radius 2 is 1.93 bits per heavy atom. The number of benzene rings is 2. The number of para-hydroxylation sites is 1. The zero-order valence-electron chi connectivity index (χ0n) is 17.3. The van der Waals surface area contributed by atoms with E-state index < -0.39 is 10.0 Å². The van der Waals surface area contributed by atoms with E-state index in [1.54, 1.807) is 11.9 Å². The van der Waals surface area contributed by atoms with Gasteiger partial charge in [-0.05, 0) is 55.7 Å². The number of amides is 1. The third kappa shape index (κ3) is 5.81. The van der Waals surface area contributed by atoms with Gasteiger partial charge in [0.2, 0.25) is 10.0 Å². The Hall–Kier alpha value is -2.42. The van der Waals surface area contributed by atoms with E-state index >= 15 is 0 Å². The maximum absolute atomic E-state index is 12.6. The van der Waals surface area contributed by atoms with Crippen molar-refractivity contribution in [2.45, 2.75) is 30.8 Å². The number of sulfonamides is 1. The van der Waals surface area contributed by atoms with Gasteiger partial charge in [-0.3, -0.25) is 4.79 Å². The van der Waals surface area contributed by atoms with Crippen LogP contribution in [0.1, 0.15) is 28.8 Å². The lowest BCUT2D eigenvalue weighted by Gasteiger charge is -2.18. The Bertz CT molecular complexity index is 954. The monoisotopic (exact) mass is 432 g/mol. The van der Waals surface area contributed by atoms with Crippen molar-refractivity contribution in [3.8, 4) is 5.75 Å². The molecule has 1 atom stereocenters. The smallest absolute Gasteiger partial charge is 0.253 e. The average molecular weight is 433 g/mol. The molecule has 2 aromatic carbocycles. The molecule has 1 amide bonds. The van der Waals surface area contributed by atoms with Gasteiger partial charge in [-0.2, -0.15) is 0 Å². The highest BCUT2D eigenvalue weighted by Gasteiger charge is 2.21. The molecular weight excluding hydrogens is 404 g/mol. The van der Waals surface area contributed by atoms with Crippen molar-refractivity contribution in [2.75, 3.05) is 33.4 Å². The number of nitrogens with one attached hydrogen (secondary N) is 1. The molecule has 2 aromatic rings. The maximum Gasteiger partial charge on any atom is 0.253 e. The summed E-state index contributed by atoms with van der Waals surface area (Å²) in [5.74, 6) is 0.600. The second kappa shape index (κ2) is 10.1. The Morgan fingerprint density at radius 3 is 2.60 bits per heavy atom. The molecule has 0 radical (unpaired) electrons. The molecule has 30 heavy (non-hydrogen) atoms. The third-order valence-electron chi connectivity index (χ3n) is 5.06. The van der Waals surface area contributed by atoms with Crippen molar-refractivity contribution in [3.63, 3.8) is 0 Å². The van der Waals surface area contributed by atoms with Gasteiger partial charge in [0.1, 0.15) is 12.4 Å². The number of likely N-dealkylation sites (N-methyl/N-ethyl adjacent to an activating group) is 1. The van der Waals surface area contributed by atoms with Crippen LogP contribution in [-0.4, -0.2) is 58.7 Å². The van der Waals surface area contributed by atoms with Crippen LogP contribution in [0.5, 0.6) is 5.75 Å². The second-order valence-corrected chi connectivity index (χ2v) is 9.12. The summed E-state index contributed by atoms with van der Waals surface area (Å²) in [4.78, 5) is 14.3. The minimum Gasteiger partial charge on any atom is -0.491 e. The minimum absolute atomic E-state index is 0.0730. The number of carbonyl (C=O) groups is 1. The van der Waals surface area contributed by atoms with Crippen LogP contribution in [0, 0.1) is 6.92 Å². The van der Waals surface area contributed by atoms with Gasteiger partial charge >= 0.3 is 0 Å². The number of nitrogens with zero attached hydrogens (tertiary/aromatic N) is 1. The second-order valence-electron chi connectivity index (χ2n) is 7.35. The van der Waals surface area contributed by atoms with Gasteiger partial charge in [0.05, 0.1) is 17.5 Å². The molecule has 0 aromatic heterocycles. The van der Waals surface area contributed by atoms with Gasteiger partial charge in [0.25, 0.3) is 5.91 Å². The van der Waals surface area contributed by atoms with E-state index in [0.29, 0.717) is 25.3 Å². The zero-order chi connectivity index (χ0) is 21.6. The van der Waals surface area contributed by atoms with Crippen LogP contribution in [-0.2, 0) is 14.8 Å². The number of rotatable bonds is 9. The zero-order valence-corrected chi connectivity index (χ0v) is 18.2. The molecule has 1 aliphatic rings. The quantitative estimate of drug-likeness (QED) is 0.658. The molecule has 0 aliphatic carbocycles. The number of carbonyl (C=O) groups excluding carboxylic acids is 1. The fraction of sp³-hybridized carbons (Fsp3) is 0.409. The van der Waals surface area contributed by atoms with Crippen molar-refractivity contribution in [3.05, 3.63) is 59.7 Å². The van der Waals surface area contributed by atoms with E-state index in [2.05, 4.69) is 4.72 Å². The molecule has 1 N–H and O–H groups in total. The lowest BCUT2D eigenvalue weighted by molar-refractivity contribution is 0.0773. The van der Waals surface area contributed by atoms with Crippen LogP contribution in [0.3, 0.4) is 0 Å². The Kier molecular flexibility index (Phi) is 7.47. The minimum atomic E-state index is -3.63. The molecule has 1 fully saturated rings. The summed E-state index contributed by atoms with van der Waals surface area (Å²) in [7, 11) is -1.94.